The minimum Gasteiger partial charge on any atom is -0.384 e. The summed E-state index contributed by atoms with van der Waals surface area (Å²) in [5.41, 5.74) is 0.401. The molecule has 0 aromatic heterocycles. The molecule has 5 heteroatoms. The number of nitrogens with one attached hydrogen (secondary N) is 1. The summed E-state index contributed by atoms with van der Waals surface area (Å²) in [6, 6.07) is 6.53. The standard InChI is InChI=1S/C15H21NO3S/c1-13(2)7-5-11-16-20(18,19)15-10-4-3-8-14(15)9-6-12-17/h3-4,8,10,13,16-17H,5,7,11-12H2,1-2H3. The molecule has 0 saturated carbocycles. The Bertz CT molecular complexity index is 583. The van der Waals surface area contributed by atoms with E-state index in [1.807, 2.05) is 0 Å². The molecule has 1 rings (SSSR count). The second-order valence-corrected chi connectivity index (χ2v) is 6.63. The van der Waals surface area contributed by atoms with Crippen molar-refractivity contribution in [3.05, 3.63) is 29.8 Å². The molecule has 2 N–H and O–H groups in total. The van der Waals surface area contributed by atoms with Crippen molar-refractivity contribution >= 4 is 10.0 Å². The molecule has 0 unspecified atom stereocenters. The van der Waals surface area contributed by atoms with Crippen LogP contribution in [0, 0.1) is 17.8 Å². The first-order chi connectivity index (χ1) is 9.47. The zero-order chi connectivity index (χ0) is 15.0. The quantitative estimate of drug-likeness (QED) is 0.620. The van der Waals surface area contributed by atoms with Gasteiger partial charge in [-0.15, -0.1) is 0 Å². The van der Waals surface area contributed by atoms with Crippen LogP contribution in [-0.4, -0.2) is 26.7 Å². The normalized spacial score (nSPS) is 11.2. The highest BCUT2D eigenvalue weighted by Gasteiger charge is 2.16. The highest BCUT2D eigenvalue weighted by atomic mass is 32.2. The summed E-state index contributed by atoms with van der Waals surface area (Å²) in [7, 11) is -3.55. The highest BCUT2D eigenvalue weighted by molar-refractivity contribution is 7.89. The Hall–Kier alpha value is -1.35. The molecule has 1 aromatic rings. The molecule has 0 bridgehead atoms. The van der Waals surface area contributed by atoms with E-state index in [9.17, 15) is 8.42 Å². The van der Waals surface area contributed by atoms with Gasteiger partial charge in [0.05, 0.1) is 4.90 Å². The summed E-state index contributed by atoms with van der Waals surface area (Å²) in [5, 5.41) is 8.71. The van der Waals surface area contributed by atoms with Crippen molar-refractivity contribution in [2.45, 2.75) is 31.6 Å². The smallest absolute Gasteiger partial charge is 0.241 e. The molecular formula is C15H21NO3S. The van der Waals surface area contributed by atoms with Crippen molar-refractivity contribution < 1.29 is 13.5 Å². The molecule has 20 heavy (non-hydrogen) atoms. The number of sulfonamides is 1. The van der Waals surface area contributed by atoms with E-state index in [1.54, 1.807) is 18.2 Å². The van der Waals surface area contributed by atoms with Crippen LogP contribution in [0.2, 0.25) is 0 Å². The summed E-state index contributed by atoms with van der Waals surface area (Å²) in [6.07, 6.45) is 1.79. The third kappa shape index (κ3) is 5.33. The molecule has 0 aliphatic heterocycles. The zero-order valence-corrected chi connectivity index (χ0v) is 12.7. The molecule has 0 radical (unpaired) electrons. The van der Waals surface area contributed by atoms with Gasteiger partial charge in [0.1, 0.15) is 6.61 Å². The van der Waals surface area contributed by atoms with Crippen LogP contribution in [-0.2, 0) is 10.0 Å². The lowest BCUT2D eigenvalue weighted by Gasteiger charge is -2.09. The highest BCUT2D eigenvalue weighted by Crippen LogP contribution is 2.14. The number of aliphatic hydroxyl groups excluding tert-OH is 1. The van der Waals surface area contributed by atoms with E-state index in [2.05, 4.69) is 30.4 Å². The lowest BCUT2D eigenvalue weighted by molar-refractivity contribution is 0.350. The Morgan fingerprint density at radius 2 is 2.00 bits per heavy atom. The third-order valence-electron chi connectivity index (χ3n) is 2.73. The number of rotatable bonds is 6. The number of hydrogen-bond acceptors (Lipinski definition) is 3. The van der Waals surface area contributed by atoms with Gasteiger partial charge in [0.15, 0.2) is 0 Å². The molecule has 0 saturated heterocycles. The van der Waals surface area contributed by atoms with Gasteiger partial charge < -0.3 is 5.11 Å². The van der Waals surface area contributed by atoms with Crippen molar-refractivity contribution in [1.82, 2.24) is 4.72 Å². The van der Waals surface area contributed by atoms with Gasteiger partial charge in [0.2, 0.25) is 10.0 Å². The first-order valence-electron chi connectivity index (χ1n) is 6.66. The van der Waals surface area contributed by atoms with Crippen LogP contribution in [0.25, 0.3) is 0 Å². The fraction of sp³-hybridized carbons (Fsp3) is 0.467. The van der Waals surface area contributed by atoms with Gasteiger partial charge in [0, 0.05) is 12.1 Å². The SMILES string of the molecule is CC(C)CCCNS(=O)(=O)c1ccccc1C#CCO. The molecule has 0 amide bonds. The second kappa shape index (κ2) is 8.05. The summed E-state index contributed by atoms with van der Waals surface area (Å²) in [6.45, 7) is 4.33. The summed E-state index contributed by atoms with van der Waals surface area (Å²) in [4.78, 5) is 0.158. The van der Waals surface area contributed by atoms with Gasteiger partial charge in [-0.3, -0.25) is 0 Å². The molecule has 0 spiro atoms. The van der Waals surface area contributed by atoms with Crippen LogP contribution < -0.4 is 4.72 Å². The predicted molar refractivity (Wildman–Crippen MR) is 79.7 cm³/mol. The lowest BCUT2D eigenvalue weighted by Crippen LogP contribution is -2.25. The molecule has 0 fully saturated rings. The van der Waals surface area contributed by atoms with E-state index in [-0.39, 0.29) is 11.5 Å². The molecule has 4 nitrogen and oxygen atoms in total. The van der Waals surface area contributed by atoms with Crippen molar-refractivity contribution in [2.75, 3.05) is 13.2 Å². The fourth-order valence-corrected chi connectivity index (χ4v) is 2.97. The zero-order valence-electron chi connectivity index (χ0n) is 11.9. The van der Waals surface area contributed by atoms with E-state index in [0.717, 1.165) is 12.8 Å². The average Bonchev–Trinajstić information content (AvgIpc) is 2.41. The number of benzene rings is 1. The number of hydrogen-bond donors (Lipinski definition) is 2. The van der Waals surface area contributed by atoms with E-state index in [1.165, 1.54) is 6.07 Å². The number of aliphatic hydroxyl groups is 1. The molecule has 0 atom stereocenters. The summed E-state index contributed by atoms with van der Waals surface area (Å²) >= 11 is 0. The van der Waals surface area contributed by atoms with E-state index in [4.69, 9.17) is 5.11 Å². The van der Waals surface area contributed by atoms with E-state index < -0.39 is 10.0 Å². The Morgan fingerprint density at radius 3 is 2.65 bits per heavy atom. The maximum atomic E-state index is 12.2. The van der Waals surface area contributed by atoms with Crippen molar-refractivity contribution in [2.24, 2.45) is 5.92 Å². The Morgan fingerprint density at radius 1 is 1.30 bits per heavy atom. The Balaban J connectivity index is 2.82. The van der Waals surface area contributed by atoms with Crippen LogP contribution in [0.4, 0.5) is 0 Å². The van der Waals surface area contributed by atoms with Crippen LogP contribution in [0.1, 0.15) is 32.3 Å². The van der Waals surface area contributed by atoms with Crippen molar-refractivity contribution in [3.63, 3.8) is 0 Å². The molecule has 110 valence electrons. The molecule has 1 aromatic carbocycles. The van der Waals surface area contributed by atoms with Gasteiger partial charge >= 0.3 is 0 Å². The van der Waals surface area contributed by atoms with Gasteiger partial charge in [-0.05, 0) is 30.9 Å². The van der Waals surface area contributed by atoms with Gasteiger partial charge in [-0.25, -0.2) is 13.1 Å². The fourth-order valence-electron chi connectivity index (χ4n) is 1.73. The van der Waals surface area contributed by atoms with Gasteiger partial charge in [0.25, 0.3) is 0 Å². The lowest BCUT2D eigenvalue weighted by atomic mass is 10.1. The van der Waals surface area contributed by atoms with Crippen LogP contribution >= 0.6 is 0 Å². The monoisotopic (exact) mass is 295 g/mol. The Kier molecular flexibility index (Phi) is 6.73. The summed E-state index contributed by atoms with van der Waals surface area (Å²) < 4.78 is 27.0. The first kappa shape index (κ1) is 16.7. The molecule has 0 aliphatic carbocycles. The predicted octanol–water partition coefficient (Wildman–Crippen LogP) is 1.74. The maximum absolute atomic E-state index is 12.2. The third-order valence-corrected chi connectivity index (χ3v) is 4.25. The minimum atomic E-state index is -3.55. The van der Waals surface area contributed by atoms with Crippen LogP contribution in [0.3, 0.4) is 0 Å². The maximum Gasteiger partial charge on any atom is 0.241 e. The van der Waals surface area contributed by atoms with Gasteiger partial charge in [-0.2, -0.15) is 0 Å². The Labute approximate surface area is 121 Å². The van der Waals surface area contributed by atoms with Crippen molar-refractivity contribution in [1.29, 1.82) is 0 Å². The average molecular weight is 295 g/mol. The molecule has 0 aliphatic rings. The van der Waals surface area contributed by atoms with E-state index in [0.29, 0.717) is 18.0 Å². The van der Waals surface area contributed by atoms with Crippen LogP contribution in [0.15, 0.2) is 29.2 Å². The van der Waals surface area contributed by atoms with Crippen molar-refractivity contribution in [3.8, 4) is 11.8 Å². The first-order valence-corrected chi connectivity index (χ1v) is 8.14. The topological polar surface area (TPSA) is 66.4 Å². The van der Waals surface area contributed by atoms with Crippen LogP contribution in [0.5, 0.6) is 0 Å². The largest absolute Gasteiger partial charge is 0.384 e. The molecule has 0 heterocycles. The summed E-state index contributed by atoms with van der Waals surface area (Å²) in [5.74, 6) is 5.69. The second-order valence-electron chi connectivity index (χ2n) is 4.89. The van der Waals surface area contributed by atoms with Gasteiger partial charge in [-0.1, -0.05) is 37.8 Å². The van der Waals surface area contributed by atoms with E-state index >= 15 is 0 Å². The molecular weight excluding hydrogens is 274 g/mol. The minimum absolute atomic E-state index is 0.158.